The quantitative estimate of drug-likeness (QED) is 0.562. The topological polar surface area (TPSA) is 103 Å². The lowest BCUT2D eigenvalue weighted by atomic mass is 10.0. The first-order valence-electron chi connectivity index (χ1n) is 9.05. The van der Waals surface area contributed by atoms with Crippen LogP contribution in [0.4, 0.5) is 5.69 Å². The number of pyridine rings is 1. The Labute approximate surface area is 167 Å². The summed E-state index contributed by atoms with van der Waals surface area (Å²) in [5, 5.41) is 8.01. The van der Waals surface area contributed by atoms with Gasteiger partial charge in [-0.2, -0.15) is 5.10 Å². The van der Waals surface area contributed by atoms with E-state index in [1.54, 1.807) is 42.1 Å². The number of nitrogens with two attached hydrogens (primary N) is 1. The molecule has 7 nitrogen and oxygen atoms in total. The number of nitrogens with one attached hydrogen (secondary N) is 1. The van der Waals surface area contributed by atoms with E-state index in [-0.39, 0.29) is 5.91 Å². The highest BCUT2D eigenvalue weighted by atomic mass is 16.2. The molecule has 3 N–H and O–H groups in total. The van der Waals surface area contributed by atoms with Crippen molar-refractivity contribution in [3.05, 3.63) is 77.5 Å². The molecule has 2 aromatic heterocycles. The molecule has 4 rings (SSSR count). The van der Waals surface area contributed by atoms with E-state index in [1.807, 2.05) is 37.3 Å². The zero-order valence-electron chi connectivity index (χ0n) is 16.0. The van der Waals surface area contributed by atoms with Crippen molar-refractivity contribution in [2.45, 2.75) is 6.92 Å². The molecule has 0 spiro atoms. The average molecular weight is 385 g/mol. The summed E-state index contributed by atoms with van der Waals surface area (Å²) in [5.74, 6) is -0.797. The summed E-state index contributed by atoms with van der Waals surface area (Å²) in [6.07, 6.45) is 0. The van der Waals surface area contributed by atoms with Crippen LogP contribution in [0.5, 0.6) is 0 Å². The number of carbonyl (C=O) groups excluding carboxylic acids is 2. The van der Waals surface area contributed by atoms with E-state index in [0.717, 1.165) is 11.3 Å². The molecule has 0 aliphatic rings. The third-order valence-electron chi connectivity index (χ3n) is 4.71. The van der Waals surface area contributed by atoms with Gasteiger partial charge in [-0.15, -0.1) is 0 Å². The third-order valence-corrected chi connectivity index (χ3v) is 4.71. The molecule has 2 aromatic carbocycles. The number of primary amides is 1. The monoisotopic (exact) mass is 385 g/mol. The van der Waals surface area contributed by atoms with Crippen molar-refractivity contribution in [2.75, 3.05) is 5.32 Å². The summed E-state index contributed by atoms with van der Waals surface area (Å²) in [5.41, 5.74) is 9.66. The van der Waals surface area contributed by atoms with Gasteiger partial charge in [0.2, 0.25) is 5.91 Å². The van der Waals surface area contributed by atoms with Gasteiger partial charge < -0.3 is 11.1 Å². The van der Waals surface area contributed by atoms with Crippen LogP contribution in [0.3, 0.4) is 0 Å². The first kappa shape index (κ1) is 18.4. The van der Waals surface area contributed by atoms with Crippen LogP contribution in [0.2, 0.25) is 0 Å². The number of nitrogens with zero attached hydrogens (tertiary/aromatic N) is 3. The maximum atomic E-state index is 13.1. The van der Waals surface area contributed by atoms with Crippen LogP contribution in [0, 0.1) is 6.92 Å². The second-order valence-corrected chi connectivity index (χ2v) is 6.72. The number of aryl methyl sites for hydroxylation is 2. The maximum absolute atomic E-state index is 13.1. The summed E-state index contributed by atoms with van der Waals surface area (Å²) >= 11 is 0. The number of fused-ring (bicyclic) bond motifs is 1. The molecule has 0 aliphatic carbocycles. The number of aromatic nitrogens is 3. The molecule has 0 saturated heterocycles. The van der Waals surface area contributed by atoms with Crippen molar-refractivity contribution in [3.63, 3.8) is 0 Å². The van der Waals surface area contributed by atoms with Crippen molar-refractivity contribution in [3.8, 4) is 11.3 Å². The van der Waals surface area contributed by atoms with Gasteiger partial charge in [-0.3, -0.25) is 14.3 Å². The number of hydrogen-bond donors (Lipinski definition) is 2. The number of rotatable bonds is 4. The van der Waals surface area contributed by atoms with Gasteiger partial charge in [0.05, 0.1) is 22.3 Å². The fourth-order valence-electron chi connectivity index (χ4n) is 3.30. The first-order valence-corrected chi connectivity index (χ1v) is 9.05. The molecule has 0 radical (unpaired) electrons. The number of anilines is 1. The highest BCUT2D eigenvalue weighted by molar-refractivity contribution is 6.13. The number of carbonyl (C=O) groups is 2. The number of amides is 2. The zero-order valence-corrected chi connectivity index (χ0v) is 16.0. The minimum atomic E-state index is -0.516. The van der Waals surface area contributed by atoms with E-state index in [1.165, 1.54) is 0 Å². The van der Waals surface area contributed by atoms with Crippen LogP contribution in [0.15, 0.2) is 60.7 Å². The molecule has 0 atom stereocenters. The van der Waals surface area contributed by atoms with Gasteiger partial charge in [0, 0.05) is 23.9 Å². The lowest BCUT2D eigenvalue weighted by Gasteiger charge is -2.10. The Balaban J connectivity index is 1.79. The van der Waals surface area contributed by atoms with Crippen molar-refractivity contribution in [2.24, 2.45) is 12.8 Å². The average Bonchev–Trinajstić information content (AvgIpc) is 3.02. The van der Waals surface area contributed by atoms with E-state index in [0.29, 0.717) is 33.5 Å². The summed E-state index contributed by atoms with van der Waals surface area (Å²) in [6.45, 7) is 1.85. The Morgan fingerprint density at radius 2 is 1.72 bits per heavy atom. The SMILES string of the molecule is Cc1nn(C)c2nc(-c3ccccc3)cc(C(=O)Nc3ccc(C(N)=O)cc3)c12. The van der Waals surface area contributed by atoms with Gasteiger partial charge in [-0.05, 0) is 37.3 Å². The lowest BCUT2D eigenvalue weighted by molar-refractivity contribution is 0.0998. The molecule has 4 aromatic rings. The van der Waals surface area contributed by atoms with Crippen LogP contribution < -0.4 is 11.1 Å². The largest absolute Gasteiger partial charge is 0.366 e. The standard InChI is InChI=1S/C22H19N5O2/c1-13-19-17(22(29)24-16-10-8-15(9-11-16)20(23)28)12-18(14-6-4-3-5-7-14)25-21(19)27(2)26-13/h3-12H,1-2H3,(H2,23,28)(H,24,29). The minimum Gasteiger partial charge on any atom is -0.366 e. The second kappa shape index (κ2) is 7.20. The van der Waals surface area contributed by atoms with Crippen molar-refractivity contribution < 1.29 is 9.59 Å². The fraction of sp³-hybridized carbons (Fsp3) is 0.0909. The predicted octanol–water partition coefficient (Wildman–Crippen LogP) is 3.29. The van der Waals surface area contributed by atoms with Crippen LogP contribution in [-0.2, 0) is 7.05 Å². The molecular formula is C22H19N5O2. The van der Waals surface area contributed by atoms with Crippen LogP contribution in [0.1, 0.15) is 26.4 Å². The zero-order chi connectivity index (χ0) is 20.5. The summed E-state index contributed by atoms with van der Waals surface area (Å²) in [6, 6.07) is 17.9. The Bertz CT molecular complexity index is 1230. The Hall–Kier alpha value is -4.00. The summed E-state index contributed by atoms with van der Waals surface area (Å²) < 4.78 is 1.68. The van der Waals surface area contributed by atoms with Gasteiger partial charge in [-0.25, -0.2) is 4.98 Å². The van der Waals surface area contributed by atoms with Gasteiger partial charge >= 0.3 is 0 Å². The molecule has 0 fully saturated rings. The van der Waals surface area contributed by atoms with Gasteiger partial charge in [0.1, 0.15) is 0 Å². The van der Waals surface area contributed by atoms with E-state index < -0.39 is 5.91 Å². The van der Waals surface area contributed by atoms with Gasteiger partial charge in [0.15, 0.2) is 5.65 Å². The molecule has 2 amide bonds. The summed E-state index contributed by atoms with van der Waals surface area (Å²) in [7, 11) is 1.81. The third kappa shape index (κ3) is 3.45. The van der Waals surface area contributed by atoms with Crippen molar-refractivity contribution >= 4 is 28.5 Å². The van der Waals surface area contributed by atoms with Gasteiger partial charge in [-0.1, -0.05) is 30.3 Å². The fourth-order valence-corrected chi connectivity index (χ4v) is 3.30. The smallest absolute Gasteiger partial charge is 0.256 e. The molecule has 0 aliphatic heterocycles. The highest BCUT2D eigenvalue weighted by Crippen LogP contribution is 2.27. The molecule has 29 heavy (non-hydrogen) atoms. The normalized spacial score (nSPS) is 10.8. The van der Waals surface area contributed by atoms with Crippen molar-refractivity contribution in [1.29, 1.82) is 0 Å². The van der Waals surface area contributed by atoms with Gasteiger partial charge in [0.25, 0.3) is 5.91 Å². The highest BCUT2D eigenvalue weighted by Gasteiger charge is 2.19. The second-order valence-electron chi connectivity index (χ2n) is 6.72. The summed E-state index contributed by atoms with van der Waals surface area (Å²) in [4.78, 5) is 29.1. The molecular weight excluding hydrogens is 366 g/mol. The Morgan fingerprint density at radius 3 is 2.38 bits per heavy atom. The molecule has 0 saturated carbocycles. The predicted molar refractivity (Wildman–Crippen MR) is 112 cm³/mol. The van der Waals surface area contributed by atoms with E-state index >= 15 is 0 Å². The van der Waals surface area contributed by atoms with Crippen LogP contribution >= 0.6 is 0 Å². The number of benzene rings is 2. The molecule has 2 heterocycles. The molecule has 0 unspecified atom stereocenters. The molecule has 0 bridgehead atoms. The first-order chi connectivity index (χ1) is 13.9. The molecule has 7 heteroatoms. The van der Waals surface area contributed by atoms with Crippen molar-refractivity contribution in [1.82, 2.24) is 14.8 Å². The van der Waals surface area contributed by atoms with Crippen LogP contribution in [0.25, 0.3) is 22.3 Å². The Kier molecular flexibility index (Phi) is 4.56. The van der Waals surface area contributed by atoms with E-state index in [4.69, 9.17) is 10.7 Å². The molecule has 144 valence electrons. The Morgan fingerprint density at radius 1 is 1.03 bits per heavy atom. The van der Waals surface area contributed by atoms with Crippen LogP contribution in [-0.4, -0.2) is 26.6 Å². The van der Waals surface area contributed by atoms with E-state index in [9.17, 15) is 9.59 Å². The lowest BCUT2D eigenvalue weighted by Crippen LogP contribution is -2.14. The number of hydrogen-bond acceptors (Lipinski definition) is 4. The maximum Gasteiger partial charge on any atom is 0.256 e. The minimum absolute atomic E-state index is 0.280. The van der Waals surface area contributed by atoms with E-state index in [2.05, 4.69) is 10.4 Å².